The lowest BCUT2D eigenvalue weighted by atomic mass is 10.0. The van der Waals surface area contributed by atoms with Crippen molar-refractivity contribution in [1.29, 1.82) is 0 Å². The molecule has 4 rings (SSSR count). The van der Waals surface area contributed by atoms with E-state index in [4.69, 9.17) is 16.3 Å². The standard InChI is InChI=1S/C25H19ClF3N3O2/c26-19-6-3-9-22(34-15-18-5-1-2-14-30-18)23(19)21-8-4-7-20(31-24(33)32-21)16-10-12-17(13-11-16)25(27,28)29/h1-3,5-6,8-14H,4,7,15H2,(H,32,33)/b21-8-,31-20+. The van der Waals surface area contributed by atoms with Crippen LogP contribution in [-0.4, -0.2) is 21.8 Å². The van der Waals surface area contributed by atoms with Crippen molar-refractivity contribution in [2.75, 3.05) is 0 Å². The fourth-order valence-electron chi connectivity index (χ4n) is 3.43. The molecule has 1 N–H and O–H groups in total. The van der Waals surface area contributed by atoms with Crippen LogP contribution in [0, 0.1) is 0 Å². The number of aliphatic imine (C=N–C) groups is 2. The van der Waals surface area contributed by atoms with E-state index >= 15 is 0 Å². The molecule has 174 valence electrons. The maximum absolute atomic E-state index is 12.8. The van der Waals surface area contributed by atoms with E-state index in [0.717, 1.165) is 17.8 Å². The lowest BCUT2D eigenvalue weighted by Crippen LogP contribution is -2.09. The highest BCUT2D eigenvalue weighted by Crippen LogP contribution is 2.35. The first-order chi connectivity index (χ1) is 16.3. The lowest BCUT2D eigenvalue weighted by Gasteiger charge is -2.15. The number of rotatable bonds is 5. The van der Waals surface area contributed by atoms with Gasteiger partial charge in [0.25, 0.3) is 0 Å². The van der Waals surface area contributed by atoms with Crippen molar-refractivity contribution in [1.82, 2.24) is 4.98 Å². The van der Waals surface area contributed by atoms with E-state index in [1.807, 2.05) is 18.2 Å². The van der Waals surface area contributed by atoms with Crippen LogP contribution in [0.25, 0.3) is 5.70 Å². The highest BCUT2D eigenvalue weighted by atomic mass is 35.5. The average Bonchev–Trinajstić information content (AvgIpc) is 2.80. The van der Waals surface area contributed by atoms with E-state index in [9.17, 15) is 18.3 Å². The summed E-state index contributed by atoms with van der Waals surface area (Å²) in [5.74, 6) is 0.466. The Bertz CT molecular complexity index is 1250. The van der Waals surface area contributed by atoms with Crippen molar-refractivity contribution in [2.24, 2.45) is 9.98 Å². The first-order valence-corrected chi connectivity index (χ1v) is 10.7. The number of allylic oxidation sites excluding steroid dienone is 1. The van der Waals surface area contributed by atoms with Gasteiger partial charge in [-0.05, 0) is 54.8 Å². The van der Waals surface area contributed by atoms with Gasteiger partial charge in [0.05, 0.1) is 33.3 Å². The Hall–Kier alpha value is -3.65. The van der Waals surface area contributed by atoms with E-state index in [0.29, 0.717) is 46.1 Å². The molecule has 1 aliphatic rings. The molecule has 0 saturated heterocycles. The third-order valence-electron chi connectivity index (χ3n) is 5.05. The number of hydrogen-bond acceptors (Lipinski definition) is 4. The van der Waals surface area contributed by atoms with Crippen LogP contribution in [0.15, 0.2) is 82.9 Å². The van der Waals surface area contributed by atoms with Gasteiger partial charge in [-0.2, -0.15) is 23.2 Å². The van der Waals surface area contributed by atoms with Crippen molar-refractivity contribution in [3.8, 4) is 5.75 Å². The third-order valence-corrected chi connectivity index (χ3v) is 5.37. The zero-order valence-electron chi connectivity index (χ0n) is 17.8. The summed E-state index contributed by atoms with van der Waals surface area (Å²) in [5.41, 5.74) is 1.77. The number of nitrogens with zero attached hydrogens (tertiary/aromatic N) is 3. The zero-order valence-corrected chi connectivity index (χ0v) is 18.5. The van der Waals surface area contributed by atoms with E-state index in [1.165, 1.54) is 12.1 Å². The molecule has 0 amide bonds. The molecule has 0 spiro atoms. The highest BCUT2D eigenvalue weighted by Gasteiger charge is 2.30. The smallest absolute Gasteiger partial charge is 0.416 e. The summed E-state index contributed by atoms with van der Waals surface area (Å²) in [6.07, 6.45) is -0.124. The molecule has 2 aromatic carbocycles. The number of pyridine rings is 1. The number of hydrogen-bond donors (Lipinski definition) is 1. The van der Waals surface area contributed by atoms with E-state index in [-0.39, 0.29) is 6.61 Å². The van der Waals surface area contributed by atoms with Crippen LogP contribution in [0.1, 0.15) is 35.2 Å². The molecule has 1 aliphatic heterocycles. The number of alkyl halides is 3. The quantitative estimate of drug-likeness (QED) is 0.428. The summed E-state index contributed by atoms with van der Waals surface area (Å²) < 4.78 is 44.5. The second kappa shape index (κ2) is 10.1. The Kier molecular flexibility index (Phi) is 6.98. The van der Waals surface area contributed by atoms with Gasteiger partial charge < -0.3 is 9.84 Å². The molecule has 0 unspecified atom stereocenters. The largest absolute Gasteiger partial charge is 0.487 e. The van der Waals surface area contributed by atoms with Gasteiger partial charge in [0.15, 0.2) is 0 Å². The van der Waals surface area contributed by atoms with Crippen LogP contribution in [-0.2, 0) is 12.8 Å². The minimum absolute atomic E-state index is 0.216. The van der Waals surface area contributed by atoms with Gasteiger partial charge in [0.2, 0.25) is 0 Å². The van der Waals surface area contributed by atoms with Crippen molar-refractivity contribution in [2.45, 2.75) is 25.6 Å². The molecule has 9 heteroatoms. The Balaban J connectivity index is 1.60. The summed E-state index contributed by atoms with van der Waals surface area (Å²) in [7, 11) is 0. The summed E-state index contributed by atoms with van der Waals surface area (Å²) in [5, 5.41) is 10.8. The molecule has 0 aliphatic carbocycles. The normalized spacial score (nSPS) is 19.0. The number of ether oxygens (including phenoxy) is 1. The molecule has 34 heavy (non-hydrogen) atoms. The van der Waals surface area contributed by atoms with E-state index in [1.54, 1.807) is 30.5 Å². The van der Waals surface area contributed by atoms with Gasteiger partial charge in [0.1, 0.15) is 12.4 Å². The minimum atomic E-state index is -4.42. The van der Waals surface area contributed by atoms with Gasteiger partial charge >= 0.3 is 12.2 Å². The van der Waals surface area contributed by atoms with Gasteiger partial charge in [-0.15, -0.1) is 0 Å². The topological polar surface area (TPSA) is 67.1 Å². The van der Waals surface area contributed by atoms with Crippen molar-refractivity contribution >= 4 is 29.0 Å². The minimum Gasteiger partial charge on any atom is -0.487 e. The number of aromatic nitrogens is 1. The summed E-state index contributed by atoms with van der Waals surface area (Å²) in [6, 6.07) is 14.8. The van der Waals surface area contributed by atoms with Crippen LogP contribution in [0.5, 0.6) is 5.75 Å². The molecular formula is C25H19ClF3N3O2. The molecule has 1 aromatic heterocycles. The molecule has 0 fully saturated rings. The molecule has 0 radical (unpaired) electrons. The van der Waals surface area contributed by atoms with Crippen LogP contribution in [0.2, 0.25) is 5.02 Å². The second-order valence-corrected chi connectivity index (χ2v) is 7.80. The summed E-state index contributed by atoms with van der Waals surface area (Å²) >= 11 is 6.45. The van der Waals surface area contributed by atoms with Crippen molar-refractivity contribution in [3.05, 3.63) is 100 Å². The first kappa shape index (κ1) is 23.5. The molecule has 0 atom stereocenters. The Morgan fingerprint density at radius 2 is 1.76 bits per heavy atom. The Labute approximate surface area is 198 Å². The van der Waals surface area contributed by atoms with Gasteiger partial charge in [-0.3, -0.25) is 4.98 Å². The number of halogens is 4. The third kappa shape index (κ3) is 5.63. The lowest BCUT2D eigenvalue weighted by molar-refractivity contribution is -0.137. The van der Waals surface area contributed by atoms with Gasteiger partial charge in [0, 0.05) is 6.20 Å². The highest BCUT2D eigenvalue weighted by molar-refractivity contribution is 6.32. The van der Waals surface area contributed by atoms with Crippen molar-refractivity contribution < 1.29 is 23.0 Å². The monoisotopic (exact) mass is 485 g/mol. The maximum atomic E-state index is 12.8. The average molecular weight is 486 g/mol. The number of amidine groups is 1. The second-order valence-electron chi connectivity index (χ2n) is 7.40. The fraction of sp³-hybridized carbons (Fsp3) is 0.160. The number of aliphatic hydroxyl groups is 1. The van der Waals surface area contributed by atoms with E-state index < -0.39 is 17.8 Å². The van der Waals surface area contributed by atoms with Crippen LogP contribution in [0.3, 0.4) is 0 Å². The molecule has 3 aromatic rings. The number of aliphatic hydroxyl groups excluding tert-OH is 1. The first-order valence-electron chi connectivity index (χ1n) is 10.4. The summed E-state index contributed by atoms with van der Waals surface area (Å²) in [4.78, 5) is 12.6. The summed E-state index contributed by atoms with van der Waals surface area (Å²) in [6.45, 7) is 0.216. The molecule has 0 bridgehead atoms. The van der Waals surface area contributed by atoms with Crippen LogP contribution >= 0.6 is 11.6 Å². The fourth-order valence-corrected chi connectivity index (χ4v) is 3.69. The van der Waals surface area contributed by atoms with Crippen LogP contribution in [0.4, 0.5) is 13.2 Å². The molecular weight excluding hydrogens is 467 g/mol. The zero-order chi connectivity index (χ0) is 24.1. The van der Waals surface area contributed by atoms with Crippen molar-refractivity contribution in [3.63, 3.8) is 0 Å². The Morgan fingerprint density at radius 1 is 0.971 bits per heavy atom. The SMILES string of the molecule is OC1=N/C(c2c(Cl)cccc2OCc2ccccn2)=C\CC/C(c2ccc(C(F)(F)F)cc2)=N\1. The van der Waals surface area contributed by atoms with E-state index in [2.05, 4.69) is 15.0 Å². The molecule has 5 nitrogen and oxygen atoms in total. The van der Waals surface area contributed by atoms with Gasteiger partial charge in [-0.1, -0.05) is 41.9 Å². The van der Waals surface area contributed by atoms with Crippen LogP contribution < -0.4 is 4.74 Å². The predicted molar refractivity (Wildman–Crippen MR) is 125 cm³/mol. The predicted octanol–water partition coefficient (Wildman–Crippen LogP) is 6.87. The molecule has 0 saturated carbocycles. The molecule has 2 heterocycles. The maximum Gasteiger partial charge on any atom is 0.416 e. The number of benzene rings is 2. The Morgan fingerprint density at radius 3 is 2.47 bits per heavy atom. The van der Waals surface area contributed by atoms with Gasteiger partial charge in [-0.25, -0.2) is 0 Å².